The first-order chi connectivity index (χ1) is 13.7. The largest absolute Gasteiger partial charge is 0.349 e. The fraction of sp³-hybridized carbons (Fsp3) is 0.778. The lowest BCUT2D eigenvalue weighted by molar-refractivity contribution is -0.126. The molecule has 3 heterocycles. The van der Waals surface area contributed by atoms with Crippen LogP contribution < -0.4 is 15.1 Å². The first-order valence-electron chi connectivity index (χ1n) is 10.1. The van der Waals surface area contributed by atoms with Gasteiger partial charge in [-0.3, -0.25) is 4.79 Å². The third kappa shape index (κ3) is 5.75. The van der Waals surface area contributed by atoms with E-state index in [4.69, 9.17) is 0 Å². The third-order valence-electron chi connectivity index (χ3n) is 5.41. The summed E-state index contributed by atoms with van der Waals surface area (Å²) in [4.78, 5) is 30.2. The second kappa shape index (κ2) is 9.21. The maximum Gasteiger partial charge on any atom is 0.230 e. The number of hydrogen-bond donors (Lipinski definition) is 1. The molecule has 2 fully saturated rings. The first kappa shape index (κ1) is 21.7. The Bertz CT molecular complexity index is 817. The zero-order valence-corrected chi connectivity index (χ0v) is 18.3. The van der Waals surface area contributed by atoms with Gasteiger partial charge in [-0.2, -0.15) is 15.0 Å². The highest BCUT2D eigenvalue weighted by Gasteiger charge is 2.29. The number of hydrogen-bond acceptors (Lipinski definition) is 8. The summed E-state index contributed by atoms with van der Waals surface area (Å²) in [5.41, 5.74) is 0. The summed E-state index contributed by atoms with van der Waals surface area (Å²) < 4.78 is 24.7. The molecule has 3 rings (SSSR count). The number of amides is 1. The minimum atomic E-state index is -3.19. The van der Waals surface area contributed by atoms with Crippen LogP contribution in [0, 0.1) is 5.92 Å². The number of piperidine rings is 2. The number of carbonyl (C=O) groups excluding carboxylic acids is 1. The van der Waals surface area contributed by atoms with Crippen LogP contribution in [0.5, 0.6) is 0 Å². The lowest BCUT2D eigenvalue weighted by atomic mass is 9.97. The highest BCUT2D eigenvalue weighted by molar-refractivity contribution is 7.88. The molecule has 10 nitrogen and oxygen atoms in total. The van der Waals surface area contributed by atoms with Gasteiger partial charge in [-0.15, -0.1) is 0 Å². The molecule has 0 atom stereocenters. The number of sulfonamides is 1. The summed E-state index contributed by atoms with van der Waals surface area (Å²) in [6.07, 6.45) is 5.73. The lowest BCUT2D eigenvalue weighted by Crippen LogP contribution is -2.42. The Kier molecular flexibility index (Phi) is 6.89. The van der Waals surface area contributed by atoms with E-state index in [1.54, 1.807) is 0 Å². The fourth-order valence-corrected chi connectivity index (χ4v) is 4.54. The molecule has 0 bridgehead atoms. The Balaban J connectivity index is 1.62. The van der Waals surface area contributed by atoms with Gasteiger partial charge < -0.3 is 15.1 Å². The SMILES string of the molecule is CN(C)c1nc(CNC(=O)C2CCN(S(C)(=O)=O)CC2)nc(N2CCCCC2)n1. The highest BCUT2D eigenvalue weighted by Crippen LogP contribution is 2.20. The molecule has 0 aliphatic carbocycles. The van der Waals surface area contributed by atoms with Crippen molar-refractivity contribution < 1.29 is 13.2 Å². The van der Waals surface area contributed by atoms with Crippen LogP contribution in [0.3, 0.4) is 0 Å². The topological polar surface area (TPSA) is 112 Å². The summed E-state index contributed by atoms with van der Waals surface area (Å²) in [6.45, 7) is 2.86. The maximum absolute atomic E-state index is 12.6. The molecule has 1 aromatic rings. The Morgan fingerprint density at radius 3 is 2.31 bits per heavy atom. The maximum atomic E-state index is 12.6. The zero-order chi connectivity index (χ0) is 21.0. The van der Waals surface area contributed by atoms with Crippen molar-refractivity contribution in [2.24, 2.45) is 5.92 Å². The summed E-state index contributed by atoms with van der Waals surface area (Å²) in [5, 5.41) is 2.92. The van der Waals surface area contributed by atoms with Gasteiger partial charge in [-0.25, -0.2) is 12.7 Å². The molecule has 1 N–H and O–H groups in total. The van der Waals surface area contributed by atoms with E-state index in [2.05, 4.69) is 25.2 Å². The molecule has 2 aliphatic rings. The minimum Gasteiger partial charge on any atom is -0.349 e. The van der Waals surface area contributed by atoms with Crippen molar-refractivity contribution in [1.29, 1.82) is 0 Å². The smallest absolute Gasteiger partial charge is 0.230 e. The van der Waals surface area contributed by atoms with Crippen LogP contribution in [0.4, 0.5) is 11.9 Å². The molecule has 0 aromatic carbocycles. The van der Waals surface area contributed by atoms with Gasteiger partial charge in [-0.05, 0) is 32.1 Å². The van der Waals surface area contributed by atoms with Crippen LogP contribution in [0.1, 0.15) is 37.9 Å². The van der Waals surface area contributed by atoms with Crippen molar-refractivity contribution in [1.82, 2.24) is 24.6 Å². The summed E-state index contributed by atoms with van der Waals surface area (Å²) in [5.74, 6) is 1.50. The van der Waals surface area contributed by atoms with E-state index < -0.39 is 10.0 Å². The van der Waals surface area contributed by atoms with Gasteiger partial charge in [-0.1, -0.05) is 0 Å². The predicted molar refractivity (Wildman–Crippen MR) is 111 cm³/mol. The molecule has 2 aliphatic heterocycles. The van der Waals surface area contributed by atoms with E-state index in [0.29, 0.717) is 43.7 Å². The van der Waals surface area contributed by atoms with E-state index in [-0.39, 0.29) is 18.4 Å². The van der Waals surface area contributed by atoms with Crippen molar-refractivity contribution in [2.75, 3.05) is 56.3 Å². The van der Waals surface area contributed by atoms with Crippen LogP contribution in [0.2, 0.25) is 0 Å². The lowest BCUT2D eigenvalue weighted by Gasteiger charge is -2.29. The van der Waals surface area contributed by atoms with Crippen LogP contribution >= 0.6 is 0 Å². The molecular formula is C18H31N7O3S. The van der Waals surface area contributed by atoms with Gasteiger partial charge in [0.2, 0.25) is 27.8 Å². The summed E-state index contributed by atoms with van der Waals surface area (Å²) in [6, 6.07) is 0. The predicted octanol–water partition coefficient (Wildman–Crippen LogP) is 0.216. The molecule has 29 heavy (non-hydrogen) atoms. The molecule has 0 unspecified atom stereocenters. The van der Waals surface area contributed by atoms with Crippen LogP contribution in [0.15, 0.2) is 0 Å². The van der Waals surface area contributed by atoms with E-state index in [9.17, 15) is 13.2 Å². The standard InChI is InChI=1S/C18H31N7O3S/c1-23(2)17-20-15(21-18(22-17)24-9-5-4-6-10-24)13-19-16(26)14-7-11-25(12-8-14)29(3,27)28/h14H,4-13H2,1-3H3,(H,19,26). The fourth-order valence-electron chi connectivity index (χ4n) is 3.67. The molecule has 1 aromatic heterocycles. The van der Waals surface area contributed by atoms with Crippen molar-refractivity contribution in [3.8, 4) is 0 Å². The number of anilines is 2. The zero-order valence-electron chi connectivity index (χ0n) is 17.5. The molecule has 1 amide bonds. The number of rotatable bonds is 6. The van der Waals surface area contributed by atoms with Gasteiger partial charge in [0.1, 0.15) is 0 Å². The molecule has 0 radical (unpaired) electrons. The number of nitrogens with zero attached hydrogens (tertiary/aromatic N) is 6. The van der Waals surface area contributed by atoms with Gasteiger partial charge in [0.05, 0.1) is 12.8 Å². The van der Waals surface area contributed by atoms with Crippen LogP contribution in [-0.2, 0) is 21.4 Å². The summed E-state index contributed by atoms with van der Waals surface area (Å²) in [7, 11) is 0.571. The van der Waals surface area contributed by atoms with E-state index >= 15 is 0 Å². The van der Waals surface area contributed by atoms with Crippen molar-refractivity contribution in [2.45, 2.75) is 38.6 Å². The Labute approximate surface area is 172 Å². The van der Waals surface area contributed by atoms with Gasteiger partial charge in [0, 0.05) is 46.2 Å². The number of aromatic nitrogens is 3. The monoisotopic (exact) mass is 425 g/mol. The summed E-state index contributed by atoms with van der Waals surface area (Å²) >= 11 is 0. The molecule has 2 saturated heterocycles. The molecule has 11 heteroatoms. The quantitative estimate of drug-likeness (QED) is 0.689. The second-order valence-corrected chi connectivity index (χ2v) is 9.93. The highest BCUT2D eigenvalue weighted by atomic mass is 32.2. The molecule has 0 saturated carbocycles. The number of nitrogens with one attached hydrogen (secondary N) is 1. The first-order valence-corrected chi connectivity index (χ1v) is 12.0. The average Bonchev–Trinajstić information content (AvgIpc) is 2.72. The van der Waals surface area contributed by atoms with E-state index in [1.807, 2.05) is 19.0 Å². The normalized spacial score (nSPS) is 19.2. The molecular weight excluding hydrogens is 394 g/mol. The second-order valence-electron chi connectivity index (χ2n) is 7.95. The average molecular weight is 426 g/mol. The van der Waals surface area contributed by atoms with E-state index in [0.717, 1.165) is 25.9 Å². The van der Waals surface area contributed by atoms with Crippen molar-refractivity contribution in [3.05, 3.63) is 5.82 Å². The Morgan fingerprint density at radius 1 is 1.07 bits per heavy atom. The Hall–Kier alpha value is -2.01. The number of carbonyl (C=O) groups is 1. The van der Waals surface area contributed by atoms with Gasteiger partial charge in [0.25, 0.3) is 0 Å². The third-order valence-corrected chi connectivity index (χ3v) is 6.71. The van der Waals surface area contributed by atoms with Crippen LogP contribution in [-0.4, -0.2) is 80.1 Å². The molecule has 0 spiro atoms. The van der Waals surface area contributed by atoms with E-state index in [1.165, 1.54) is 17.0 Å². The van der Waals surface area contributed by atoms with Crippen molar-refractivity contribution >= 4 is 27.8 Å². The Morgan fingerprint density at radius 2 is 1.72 bits per heavy atom. The minimum absolute atomic E-state index is 0.0792. The van der Waals surface area contributed by atoms with Gasteiger partial charge >= 0.3 is 0 Å². The van der Waals surface area contributed by atoms with Gasteiger partial charge in [0.15, 0.2) is 5.82 Å². The van der Waals surface area contributed by atoms with Crippen LogP contribution in [0.25, 0.3) is 0 Å². The van der Waals surface area contributed by atoms with Crippen molar-refractivity contribution in [3.63, 3.8) is 0 Å². The molecule has 162 valence electrons.